The second-order valence-electron chi connectivity index (χ2n) is 5.24. The van der Waals surface area contributed by atoms with Gasteiger partial charge in [0.25, 0.3) is 0 Å². The SMILES string of the molecule is COCCC(C)NC1CC(c2ccccc2F)C1. The van der Waals surface area contributed by atoms with Crippen LogP contribution in [0.3, 0.4) is 0 Å². The Balaban J connectivity index is 1.75. The van der Waals surface area contributed by atoms with Crippen molar-refractivity contribution in [2.24, 2.45) is 0 Å². The summed E-state index contributed by atoms with van der Waals surface area (Å²) >= 11 is 0. The summed E-state index contributed by atoms with van der Waals surface area (Å²) in [5, 5.41) is 3.57. The first-order valence-electron chi connectivity index (χ1n) is 6.70. The number of hydrogen-bond acceptors (Lipinski definition) is 2. The van der Waals surface area contributed by atoms with E-state index in [0.29, 0.717) is 18.0 Å². The van der Waals surface area contributed by atoms with Gasteiger partial charge in [-0.25, -0.2) is 4.39 Å². The summed E-state index contributed by atoms with van der Waals surface area (Å²) in [5.41, 5.74) is 0.875. The van der Waals surface area contributed by atoms with E-state index in [1.54, 1.807) is 19.2 Å². The van der Waals surface area contributed by atoms with Crippen LogP contribution in [-0.4, -0.2) is 25.8 Å². The molecular formula is C15H22FNO. The lowest BCUT2D eigenvalue weighted by Crippen LogP contribution is -2.44. The fourth-order valence-corrected chi connectivity index (χ4v) is 2.59. The standard InChI is InChI=1S/C15H22FNO/c1-11(7-8-18-2)17-13-9-12(10-13)14-5-3-4-6-15(14)16/h3-6,11-13,17H,7-10H2,1-2H3. The van der Waals surface area contributed by atoms with Crippen molar-refractivity contribution in [1.29, 1.82) is 0 Å². The molecule has 1 aliphatic rings. The fraction of sp³-hybridized carbons (Fsp3) is 0.600. The van der Waals surface area contributed by atoms with Crippen molar-refractivity contribution >= 4 is 0 Å². The highest BCUT2D eigenvalue weighted by Crippen LogP contribution is 2.38. The molecule has 2 rings (SSSR count). The van der Waals surface area contributed by atoms with Gasteiger partial charge in [-0.3, -0.25) is 0 Å². The molecule has 1 aliphatic carbocycles. The van der Waals surface area contributed by atoms with Crippen LogP contribution >= 0.6 is 0 Å². The van der Waals surface area contributed by atoms with Gasteiger partial charge in [-0.2, -0.15) is 0 Å². The quantitative estimate of drug-likeness (QED) is 0.839. The van der Waals surface area contributed by atoms with Gasteiger partial charge in [-0.15, -0.1) is 0 Å². The molecule has 1 N–H and O–H groups in total. The van der Waals surface area contributed by atoms with E-state index in [4.69, 9.17) is 4.74 Å². The topological polar surface area (TPSA) is 21.3 Å². The van der Waals surface area contributed by atoms with E-state index in [1.165, 1.54) is 0 Å². The summed E-state index contributed by atoms with van der Waals surface area (Å²) in [5.74, 6) is 0.326. The molecule has 0 aromatic heterocycles. The summed E-state index contributed by atoms with van der Waals surface area (Å²) in [4.78, 5) is 0. The molecule has 1 unspecified atom stereocenters. The Kier molecular flexibility index (Phi) is 4.72. The van der Waals surface area contributed by atoms with Crippen LogP contribution in [-0.2, 0) is 4.74 Å². The highest BCUT2D eigenvalue weighted by atomic mass is 19.1. The minimum atomic E-state index is -0.0617. The van der Waals surface area contributed by atoms with E-state index in [2.05, 4.69) is 12.2 Å². The van der Waals surface area contributed by atoms with Crippen LogP contribution in [0.4, 0.5) is 4.39 Å². The van der Waals surface area contributed by atoms with Crippen LogP contribution in [0, 0.1) is 5.82 Å². The number of halogens is 1. The maximum Gasteiger partial charge on any atom is 0.126 e. The predicted octanol–water partition coefficient (Wildman–Crippen LogP) is 3.09. The maximum absolute atomic E-state index is 13.6. The molecule has 1 aromatic carbocycles. The molecule has 0 radical (unpaired) electrons. The van der Waals surface area contributed by atoms with Gasteiger partial charge < -0.3 is 10.1 Å². The molecule has 1 saturated carbocycles. The van der Waals surface area contributed by atoms with Gasteiger partial charge in [0.15, 0.2) is 0 Å². The molecule has 1 atom stereocenters. The minimum absolute atomic E-state index is 0.0617. The summed E-state index contributed by atoms with van der Waals surface area (Å²) in [7, 11) is 1.73. The summed E-state index contributed by atoms with van der Waals surface area (Å²) in [6, 6.07) is 8.13. The Morgan fingerprint density at radius 1 is 1.39 bits per heavy atom. The van der Waals surface area contributed by atoms with Crippen molar-refractivity contribution in [3.63, 3.8) is 0 Å². The molecule has 0 bridgehead atoms. The molecule has 3 heteroatoms. The van der Waals surface area contributed by atoms with Crippen molar-refractivity contribution in [3.05, 3.63) is 35.6 Å². The third-order valence-electron chi connectivity index (χ3n) is 3.76. The van der Waals surface area contributed by atoms with Gasteiger partial charge in [0.2, 0.25) is 0 Å². The maximum atomic E-state index is 13.6. The number of nitrogens with one attached hydrogen (secondary N) is 1. The molecule has 1 aromatic rings. The summed E-state index contributed by atoms with van der Waals surface area (Å²) in [6.45, 7) is 2.97. The molecule has 0 saturated heterocycles. The Labute approximate surface area is 109 Å². The Morgan fingerprint density at radius 3 is 2.78 bits per heavy atom. The molecule has 2 nitrogen and oxygen atoms in total. The third-order valence-corrected chi connectivity index (χ3v) is 3.76. The molecule has 0 heterocycles. The van der Waals surface area contributed by atoms with E-state index in [1.807, 2.05) is 12.1 Å². The number of methoxy groups -OCH3 is 1. The zero-order chi connectivity index (χ0) is 13.0. The van der Waals surface area contributed by atoms with Crippen molar-refractivity contribution in [1.82, 2.24) is 5.32 Å². The van der Waals surface area contributed by atoms with E-state index < -0.39 is 0 Å². The highest BCUT2D eigenvalue weighted by Gasteiger charge is 2.32. The van der Waals surface area contributed by atoms with Gasteiger partial charge in [-0.05, 0) is 43.7 Å². The Morgan fingerprint density at radius 2 is 2.11 bits per heavy atom. The first kappa shape index (κ1) is 13.5. The average molecular weight is 251 g/mol. The second-order valence-corrected chi connectivity index (χ2v) is 5.24. The van der Waals surface area contributed by atoms with Crippen molar-refractivity contribution in [2.45, 2.75) is 44.2 Å². The second kappa shape index (κ2) is 6.30. The lowest BCUT2D eigenvalue weighted by molar-refractivity contribution is 0.174. The number of rotatable bonds is 6. The number of ether oxygens (including phenoxy) is 1. The van der Waals surface area contributed by atoms with Crippen LogP contribution in [0.25, 0.3) is 0 Å². The van der Waals surface area contributed by atoms with Crippen LogP contribution in [0.5, 0.6) is 0 Å². The fourth-order valence-electron chi connectivity index (χ4n) is 2.59. The van der Waals surface area contributed by atoms with Crippen LogP contribution < -0.4 is 5.32 Å². The molecule has 100 valence electrons. The van der Waals surface area contributed by atoms with Gasteiger partial charge in [-0.1, -0.05) is 18.2 Å². The monoisotopic (exact) mass is 251 g/mol. The third kappa shape index (κ3) is 3.30. The number of benzene rings is 1. The lowest BCUT2D eigenvalue weighted by atomic mass is 9.75. The van der Waals surface area contributed by atoms with Crippen molar-refractivity contribution < 1.29 is 9.13 Å². The average Bonchev–Trinajstić information content (AvgIpc) is 2.32. The number of hydrogen-bond donors (Lipinski definition) is 1. The largest absolute Gasteiger partial charge is 0.385 e. The van der Waals surface area contributed by atoms with E-state index in [-0.39, 0.29) is 5.82 Å². The Hall–Kier alpha value is -0.930. The molecule has 1 fully saturated rings. The molecule has 0 aliphatic heterocycles. The first-order valence-corrected chi connectivity index (χ1v) is 6.70. The van der Waals surface area contributed by atoms with E-state index in [9.17, 15) is 4.39 Å². The van der Waals surface area contributed by atoms with Gasteiger partial charge in [0, 0.05) is 25.8 Å². The smallest absolute Gasteiger partial charge is 0.126 e. The zero-order valence-corrected chi connectivity index (χ0v) is 11.2. The summed E-state index contributed by atoms with van der Waals surface area (Å²) < 4.78 is 18.6. The highest BCUT2D eigenvalue weighted by molar-refractivity contribution is 5.24. The van der Waals surface area contributed by atoms with Crippen LogP contribution in [0.2, 0.25) is 0 Å². The normalized spacial score (nSPS) is 24.6. The van der Waals surface area contributed by atoms with Gasteiger partial charge in [0.1, 0.15) is 5.82 Å². The lowest BCUT2D eigenvalue weighted by Gasteiger charge is -2.38. The van der Waals surface area contributed by atoms with E-state index in [0.717, 1.165) is 31.4 Å². The van der Waals surface area contributed by atoms with Crippen molar-refractivity contribution in [3.8, 4) is 0 Å². The van der Waals surface area contributed by atoms with Gasteiger partial charge in [0.05, 0.1) is 0 Å². The minimum Gasteiger partial charge on any atom is -0.385 e. The zero-order valence-electron chi connectivity index (χ0n) is 11.2. The van der Waals surface area contributed by atoms with Crippen molar-refractivity contribution in [2.75, 3.05) is 13.7 Å². The molecule has 18 heavy (non-hydrogen) atoms. The molecule has 0 amide bonds. The molecular weight excluding hydrogens is 229 g/mol. The van der Waals surface area contributed by atoms with E-state index >= 15 is 0 Å². The first-order chi connectivity index (χ1) is 8.70. The van der Waals surface area contributed by atoms with Gasteiger partial charge >= 0.3 is 0 Å². The Bertz CT molecular complexity index is 377. The van der Waals surface area contributed by atoms with Crippen LogP contribution in [0.1, 0.15) is 37.7 Å². The summed E-state index contributed by atoms with van der Waals surface area (Å²) in [6.07, 6.45) is 3.11. The molecule has 0 spiro atoms. The van der Waals surface area contributed by atoms with Crippen LogP contribution in [0.15, 0.2) is 24.3 Å². The predicted molar refractivity (Wildman–Crippen MR) is 71.3 cm³/mol.